The number of imidazole rings is 2. The van der Waals surface area contributed by atoms with Crippen molar-refractivity contribution in [2.75, 3.05) is 12.3 Å². The molecule has 4 rings (SSSR count). The lowest BCUT2D eigenvalue weighted by molar-refractivity contribution is -0.392. The van der Waals surface area contributed by atoms with E-state index in [9.17, 15) is 15.2 Å². The molecule has 0 radical (unpaired) electrons. The van der Waals surface area contributed by atoms with Crippen molar-refractivity contribution in [1.29, 1.82) is 0 Å². The molecule has 0 aromatic carbocycles. The SMILES string of the molecule is Cn1cnc([N+](=O)[O-])c1Sc1nc(N)nc2c1ncn2[C@H]1C=C[C@@H](CO)C1. The maximum atomic E-state index is 11.2. The van der Waals surface area contributed by atoms with Gasteiger partial charge in [-0.15, -0.1) is 0 Å². The van der Waals surface area contributed by atoms with E-state index in [0.717, 1.165) is 18.2 Å². The molecule has 2 atom stereocenters. The van der Waals surface area contributed by atoms with Crippen molar-refractivity contribution in [1.82, 2.24) is 29.1 Å². The molecule has 3 N–H and O–H groups in total. The highest BCUT2D eigenvalue weighted by Gasteiger charge is 2.26. The third kappa shape index (κ3) is 3.02. The van der Waals surface area contributed by atoms with Gasteiger partial charge in [0.25, 0.3) is 0 Å². The van der Waals surface area contributed by atoms with Gasteiger partial charge in [0.1, 0.15) is 10.5 Å². The van der Waals surface area contributed by atoms with Crippen molar-refractivity contribution >= 4 is 34.7 Å². The van der Waals surface area contributed by atoms with Crippen molar-refractivity contribution in [2.45, 2.75) is 22.5 Å². The summed E-state index contributed by atoms with van der Waals surface area (Å²) in [6.07, 6.45) is 7.73. The van der Waals surface area contributed by atoms with Gasteiger partial charge in [-0.25, -0.2) is 9.97 Å². The van der Waals surface area contributed by atoms with Gasteiger partial charge in [-0.2, -0.15) is 4.98 Å². The Hall–Kier alpha value is -2.99. The zero-order valence-corrected chi connectivity index (χ0v) is 15.1. The van der Waals surface area contributed by atoms with Gasteiger partial charge in [0, 0.05) is 19.6 Å². The Balaban J connectivity index is 1.76. The smallest absolute Gasteiger partial charge is 0.396 e. The maximum Gasteiger partial charge on any atom is 0.396 e. The molecule has 11 nitrogen and oxygen atoms in total. The Labute approximate surface area is 157 Å². The van der Waals surface area contributed by atoms with E-state index in [1.165, 1.54) is 6.33 Å². The first-order valence-electron chi connectivity index (χ1n) is 8.10. The number of nitro groups is 1. The van der Waals surface area contributed by atoms with Crippen molar-refractivity contribution in [2.24, 2.45) is 13.0 Å². The fourth-order valence-electron chi connectivity index (χ4n) is 3.06. The van der Waals surface area contributed by atoms with Gasteiger partial charge in [-0.1, -0.05) is 12.2 Å². The van der Waals surface area contributed by atoms with Crippen molar-refractivity contribution in [3.8, 4) is 0 Å². The van der Waals surface area contributed by atoms with Gasteiger partial charge in [-0.3, -0.25) is 0 Å². The largest absolute Gasteiger partial charge is 0.396 e. The number of nitrogens with two attached hydrogens (primary N) is 1. The van der Waals surface area contributed by atoms with Crippen LogP contribution in [0, 0.1) is 16.0 Å². The number of anilines is 1. The van der Waals surface area contributed by atoms with Crippen LogP contribution in [0.4, 0.5) is 11.8 Å². The first-order chi connectivity index (χ1) is 13.0. The zero-order chi connectivity index (χ0) is 19.1. The monoisotopic (exact) mass is 388 g/mol. The summed E-state index contributed by atoms with van der Waals surface area (Å²) < 4.78 is 3.43. The topological polar surface area (TPSA) is 151 Å². The average Bonchev–Trinajstić information content (AvgIpc) is 3.33. The third-order valence-corrected chi connectivity index (χ3v) is 5.52. The number of rotatable bonds is 5. The van der Waals surface area contributed by atoms with Gasteiger partial charge < -0.3 is 30.1 Å². The van der Waals surface area contributed by atoms with Gasteiger partial charge in [-0.05, 0) is 28.1 Å². The molecule has 3 heterocycles. The molecule has 3 aromatic heterocycles. The number of aliphatic hydroxyl groups is 1. The summed E-state index contributed by atoms with van der Waals surface area (Å²) in [5.74, 6) is -0.105. The minimum Gasteiger partial charge on any atom is -0.396 e. The molecule has 27 heavy (non-hydrogen) atoms. The summed E-state index contributed by atoms with van der Waals surface area (Å²) in [5.41, 5.74) is 6.93. The maximum absolute atomic E-state index is 11.2. The minimum absolute atomic E-state index is 0.00494. The number of aromatic nitrogens is 6. The average molecular weight is 388 g/mol. The van der Waals surface area contributed by atoms with Crippen LogP contribution in [0.25, 0.3) is 11.2 Å². The number of hydrogen-bond donors (Lipinski definition) is 2. The number of nitrogens with zero attached hydrogens (tertiary/aromatic N) is 7. The summed E-state index contributed by atoms with van der Waals surface area (Å²) in [6, 6.07) is 0.00494. The highest BCUT2D eigenvalue weighted by molar-refractivity contribution is 7.99. The van der Waals surface area contributed by atoms with Crippen LogP contribution in [0.15, 0.2) is 34.9 Å². The highest BCUT2D eigenvalue weighted by atomic mass is 32.2. The molecule has 0 saturated heterocycles. The molecule has 0 amide bonds. The normalized spacial score (nSPS) is 19.2. The van der Waals surface area contributed by atoms with Crippen LogP contribution in [0.5, 0.6) is 0 Å². The Morgan fingerprint density at radius 1 is 1.37 bits per heavy atom. The summed E-state index contributed by atoms with van der Waals surface area (Å²) >= 11 is 1.07. The van der Waals surface area contributed by atoms with Crippen LogP contribution in [-0.2, 0) is 7.05 Å². The minimum atomic E-state index is -0.541. The summed E-state index contributed by atoms with van der Waals surface area (Å²) in [6.45, 7) is 0.0853. The number of allylic oxidation sites excluding steroid dienone is 1. The Morgan fingerprint density at radius 3 is 2.89 bits per heavy atom. The van der Waals surface area contributed by atoms with Gasteiger partial charge in [0.05, 0.1) is 12.4 Å². The van der Waals surface area contributed by atoms with E-state index in [-0.39, 0.29) is 30.3 Å². The highest BCUT2D eigenvalue weighted by Crippen LogP contribution is 2.37. The van der Waals surface area contributed by atoms with Crippen LogP contribution < -0.4 is 5.73 Å². The number of nitrogen functional groups attached to an aromatic ring is 1. The summed E-state index contributed by atoms with van der Waals surface area (Å²) in [7, 11) is 1.67. The number of aliphatic hydroxyl groups excluding tert-OH is 1. The second kappa shape index (κ2) is 6.63. The molecule has 3 aromatic rings. The van der Waals surface area contributed by atoms with Gasteiger partial charge in [0.15, 0.2) is 10.7 Å². The molecule has 0 aliphatic heterocycles. The fraction of sp³-hybridized carbons (Fsp3) is 0.333. The first-order valence-corrected chi connectivity index (χ1v) is 8.92. The van der Waals surface area contributed by atoms with E-state index < -0.39 is 4.92 Å². The standard InChI is InChI=1S/C15H16N8O3S/c1-21-6-18-12(23(25)26)14(21)27-13-10-11(19-15(16)20-13)22(7-17-10)9-3-2-8(4-9)5-24/h2-3,6-9,24H,4-5H2,1H3,(H2,16,19,20)/t8-,9+/m1/s1. The molecular weight excluding hydrogens is 372 g/mol. The lowest BCUT2D eigenvalue weighted by Crippen LogP contribution is -2.08. The molecule has 12 heteroatoms. The van der Waals surface area contributed by atoms with Crippen LogP contribution in [0.1, 0.15) is 12.5 Å². The fourth-order valence-corrected chi connectivity index (χ4v) is 4.03. The van der Waals surface area contributed by atoms with E-state index in [1.807, 2.05) is 16.7 Å². The number of fused-ring (bicyclic) bond motifs is 1. The molecule has 1 aliphatic carbocycles. The Bertz CT molecular complexity index is 1060. The first kappa shape index (κ1) is 17.4. The second-order valence-electron chi connectivity index (χ2n) is 6.19. The van der Waals surface area contributed by atoms with Crippen LogP contribution in [-0.4, -0.2) is 45.7 Å². The van der Waals surface area contributed by atoms with Crippen LogP contribution >= 0.6 is 11.8 Å². The molecule has 0 unspecified atom stereocenters. The van der Waals surface area contributed by atoms with E-state index in [4.69, 9.17) is 5.73 Å². The molecule has 0 saturated carbocycles. The number of aryl methyl sites for hydroxylation is 1. The lowest BCUT2D eigenvalue weighted by atomic mass is 10.1. The van der Waals surface area contributed by atoms with Gasteiger partial charge >= 0.3 is 5.82 Å². The molecule has 0 spiro atoms. The zero-order valence-electron chi connectivity index (χ0n) is 14.3. The predicted molar refractivity (Wildman–Crippen MR) is 97.1 cm³/mol. The van der Waals surface area contributed by atoms with Crippen LogP contribution in [0.2, 0.25) is 0 Å². The predicted octanol–water partition coefficient (Wildman–Crippen LogP) is 1.31. The molecule has 0 bridgehead atoms. The quantitative estimate of drug-likeness (QED) is 0.285. The molecular formula is C15H16N8O3S. The van der Waals surface area contributed by atoms with Crippen molar-refractivity contribution in [3.63, 3.8) is 0 Å². The molecule has 140 valence electrons. The second-order valence-corrected chi connectivity index (χ2v) is 7.16. The van der Waals surface area contributed by atoms with Crippen LogP contribution in [0.3, 0.4) is 0 Å². The van der Waals surface area contributed by atoms with E-state index in [0.29, 0.717) is 21.2 Å². The molecule has 0 fully saturated rings. The van der Waals surface area contributed by atoms with Crippen molar-refractivity contribution in [3.05, 3.63) is 34.9 Å². The Kier molecular flexibility index (Phi) is 4.28. The Morgan fingerprint density at radius 2 is 2.19 bits per heavy atom. The van der Waals surface area contributed by atoms with E-state index in [1.54, 1.807) is 17.9 Å². The van der Waals surface area contributed by atoms with Gasteiger partial charge in [0.2, 0.25) is 12.3 Å². The third-order valence-electron chi connectivity index (χ3n) is 4.38. The summed E-state index contributed by atoms with van der Waals surface area (Å²) in [4.78, 5) is 27.4. The number of hydrogen-bond acceptors (Lipinski definition) is 9. The van der Waals surface area contributed by atoms with E-state index >= 15 is 0 Å². The lowest BCUT2D eigenvalue weighted by Gasteiger charge is -2.12. The van der Waals surface area contributed by atoms with E-state index in [2.05, 4.69) is 19.9 Å². The summed E-state index contributed by atoms with van der Waals surface area (Å²) in [5, 5.41) is 21.3. The van der Waals surface area contributed by atoms with Crippen molar-refractivity contribution < 1.29 is 10.0 Å². The molecule has 1 aliphatic rings.